The largest absolute Gasteiger partial charge is 0.378 e. The number of aromatic nitrogens is 2. The van der Waals surface area contributed by atoms with Crippen molar-refractivity contribution in [2.45, 2.75) is 32.0 Å². The minimum Gasteiger partial charge on any atom is -0.378 e. The van der Waals surface area contributed by atoms with Gasteiger partial charge in [0.05, 0.1) is 31.6 Å². The molecule has 0 N–H and O–H groups in total. The molecule has 0 amide bonds. The molecule has 0 spiro atoms. The van der Waals surface area contributed by atoms with E-state index in [4.69, 9.17) is 14.6 Å². The van der Waals surface area contributed by atoms with Gasteiger partial charge in [0.15, 0.2) is 0 Å². The van der Waals surface area contributed by atoms with Gasteiger partial charge in [0.1, 0.15) is 5.82 Å². The Balaban J connectivity index is 1.57. The van der Waals surface area contributed by atoms with Crippen molar-refractivity contribution in [1.82, 2.24) is 19.6 Å². The average molecular weight is 349 g/mol. The molecular weight excluding hydrogens is 318 g/mol. The molecule has 3 saturated heterocycles. The van der Waals surface area contributed by atoms with Crippen molar-refractivity contribution >= 4 is 5.82 Å². The zero-order valence-corrected chi connectivity index (χ0v) is 15.8. The van der Waals surface area contributed by atoms with Crippen LogP contribution in [0.1, 0.15) is 17.7 Å². The summed E-state index contributed by atoms with van der Waals surface area (Å²) in [7, 11) is 4.29. The third kappa shape index (κ3) is 3.43. The number of piperidine rings is 1. The Morgan fingerprint density at radius 1 is 1.08 bits per heavy atom. The van der Waals surface area contributed by atoms with Crippen LogP contribution in [-0.2, 0) is 23.1 Å². The minimum atomic E-state index is 0.383. The Kier molecular flexibility index (Phi) is 4.99. The number of nitrogens with zero attached hydrogens (tertiary/aromatic N) is 5. The predicted molar refractivity (Wildman–Crippen MR) is 97.0 cm³/mol. The fourth-order valence-electron chi connectivity index (χ4n) is 4.55. The van der Waals surface area contributed by atoms with E-state index in [-0.39, 0.29) is 0 Å². The van der Waals surface area contributed by atoms with E-state index in [1.807, 2.05) is 0 Å². The number of morpholine rings is 2. The Morgan fingerprint density at radius 3 is 2.68 bits per heavy atom. The van der Waals surface area contributed by atoms with Crippen molar-refractivity contribution in [2.75, 3.05) is 64.5 Å². The standard InChI is InChI=1S/C18H31N5O2/c1-14-15(18(21(3)19-14)22-6-9-24-10-7-22)12-23-8-11-25-17-4-5-20(2)13-16(17)23/h16-17H,4-13H2,1-3H3/t16-,17+/m0/s1. The summed E-state index contributed by atoms with van der Waals surface area (Å²) in [5.41, 5.74) is 2.52. The summed E-state index contributed by atoms with van der Waals surface area (Å²) in [6.45, 7) is 10.7. The first kappa shape index (κ1) is 17.3. The number of fused-ring (bicyclic) bond motifs is 1. The van der Waals surface area contributed by atoms with Crippen molar-refractivity contribution in [2.24, 2.45) is 7.05 Å². The fraction of sp³-hybridized carbons (Fsp3) is 0.833. The lowest BCUT2D eigenvalue weighted by Crippen LogP contribution is -2.58. The van der Waals surface area contributed by atoms with Gasteiger partial charge in [-0.1, -0.05) is 0 Å². The molecule has 140 valence electrons. The van der Waals surface area contributed by atoms with Crippen molar-refractivity contribution in [3.8, 4) is 0 Å². The minimum absolute atomic E-state index is 0.383. The third-order valence-corrected chi connectivity index (χ3v) is 5.89. The number of hydrogen-bond acceptors (Lipinski definition) is 6. The van der Waals surface area contributed by atoms with Crippen LogP contribution >= 0.6 is 0 Å². The molecular formula is C18H31N5O2. The van der Waals surface area contributed by atoms with Gasteiger partial charge < -0.3 is 19.3 Å². The quantitative estimate of drug-likeness (QED) is 0.791. The van der Waals surface area contributed by atoms with Crippen molar-refractivity contribution in [3.63, 3.8) is 0 Å². The molecule has 25 heavy (non-hydrogen) atoms. The normalized spacial score (nSPS) is 29.0. The molecule has 2 atom stereocenters. The maximum atomic E-state index is 6.06. The number of rotatable bonds is 3. The van der Waals surface area contributed by atoms with Crippen LogP contribution in [0.4, 0.5) is 5.82 Å². The number of anilines is 1. The SMILES string of the molecule is Cc1nn(C)c(N2CCOCC2)c1CN1CCO[C@@H]2CCN(C)C[C@@H]21. The van der Waals surface area contributed by atoms with Crippen LogP contribution < -0.4 is 4.90 Å². The summed E-state index contributed by atoms with van der Waals surface area (Å²) >= 11 is 0. The number of hydrogen-bond donors (Lipinski definition) is 0. The zero-order chi connectivity index (χ0) is 17.4. The van der Waals surface area contributed by atoms with E-state index in [1.54, 1.807) is 0 Å². The number of aryl methyl sites for hydroxylation is 2. The van der Waals surface area contributed by atoms with Gasteiger partial charge in [0, 0.05) is 57.9 Å². The molecule has 7 nitrogen and oxygen atoms in total. The fourth-order valence-corrected chi connectivity index (χ4v) is 4.55. The second kappa shape index (κ2) is 7.23. The molecule has 1 aromatic heterocycles. The molecule has 0 saturated carbocycles. The molecule has 7 heteroatoms. The summed E-state index contributed by atoms with van der Waals surface area (Å²) in [5, 5.41) is 4.74. The van der Waals surface area contributed by atoms with Crippen LogP contribution in [-0.4, -0.2) is 91.3 Å². The van der Waals surface area contributed by atoms with E-state index < -0.39 is 0 Å². The monoisotopic (exact) mass is 349 g/mol. The Bertz CT molecular complexity index is 599. The lowest BCUT2D eigenvalue weighted by Gasteiger charge is -2.46. The highest BCUT2D eigenvalue weighted by Crippen LogP contribution is 2.29. The number of likely N-dealkylation sites (tertiary alicyclic amines) is 1. The number of likely N-dealkylation sites (N-methyl/N-ethyl adjacent to an activating group) is 1. The van der Waals surface area contributed by atoms with Crippen LogP contribution in [0.25, 0.3) is 0 Å². The summed E-state index contributed by atoms with van der Waals surface area (Å²) in [5.74, 6) is 1.27. The van der Waals surface area contributed by atoms with Gasteiger partial charge in [-0.15, -0.1) is 0 Å². The summed E-state index contributed by atoms with van der Waals surface area (Å²) in [6, 6.07) is 0.490. The molecule has 0 radical (unpaired) electrons. The molecule has 4 rings (SSSR count). The molecule has 3 aliphatic rings. The van der Waals surface area contributed by atoms with Gasteiger partial charge in [0.2, 0.25) is 0 Å². The van der Waals surface area contributed by atoms with E-state index in [0.29, 0.717) is 12.1 Å². The third-order valence-electron chi connectivity index (χ3n) is 5.89. The topological polar surface area (TPSA) is 46.0 Å². The molecule has 0 unspecified atom stereocenters. The predicted octanol–water partition coefficient (Wildman–Crippen LogP) is 0.470. The molecule has 4 heterocycles. The first-order valence-corrected chi connectivity index (χ1v) is 9.53. The van der Waals surface area contributed by atoms with Crippen LogP contribution in [0.5, 0.6) is 0 Å². The lowest BCUT2D eigenvalue weighted by atomic mass is 9.98. The Morgan fingerprint density at radius 2 is 1.88 bits per heavy atom. The van der Waals surface area contributed by atoms with Gasteiger partial charge in [-0.05, 0) is 20.4 Å². The number of ether oxygens (including phenoxy) is 2. The van der Waals surface area contributed by atoms with E-state index in [9.17, 15) is 0 Å². The second-order valence-electron chi connectivity index (χ2n) is 7.61. The summed E-state index contributed by atoms with van der Waals surface area (Å²) in [4.78, 5) is 7.49. The zero-order valence-electron chi connectivity index (χ0n) is 15.8. The molecule has 0 aliphatic carbocycles. The molecule has 0 aromatic carbocycles. The maximum Gasteiger partial charge on any atom is 0.131 e. The van der Waals surface area contributed by atoms with Crippen molar-refractivity contribution < 1.29 is 9.47 Å². The highest BCUT2D eigenvalue weighted by Gasteiger charge is 2.37. The molecule has 1 aromatic rings. The van der Waals surface area contributed by atoms with Crippen LogP contribution in [0.2, 0.25) is 0 Å². The lowest BCUT2D eigenvalue weighted by molar-refractivity contribution is -0.103. The molecule has 3 fully saturated rings. The van der Waals surface area contributed by atoms with E-state index >= 15 is 0 Å². The molecule has 3 aliphatic heterocycles. The van der Waals surface area contributed by atoms with Gasteiger partial charge >= 0.3 is 0 Å². The Hall–Kier alpha value is -1.15. The van der Waals surface area contributed by atoms with Gasteiger partial charge in [-0.25, -0.2) is 0 Å². The van der Waals surface area contributed by atoms with Crippen LogP contribution in [0.15, 0.2) is 0 Å². The van der Waals surface area contributed by atoms with Crippen LogP contribution in [0, 0.1) is 6.92 Å². The first-order valence-electron chi connectivity index (χ1n) is 9.53. The van der Waals surface area contributed by atoms with Crippen LogP contribution in [0.3, 0.4) is 0 Å². The summed E-state index contributed by atoms with van der Waals surface area (Å²) in [6.07, 6.45) is 1.52. The highest BCUT2D eigenvalue weighted by molar-refractivity contribution is 5.50. The van der Waals surface area contributed by atoms with E-state index in [0.717, 1.165) is 71.2 Å². The average Bonchev–Trinajstić information content (AvgIpc) is 2.89. The van der Waals surface area contributed by atoms with Crippen molar-refractivity contribution in [3.05, 3.63) is 11.3 Å². The maximum absolute atomic E-state index is 6.06. The van der Waals surface area contributed by atoms with E-state index in [1.165, 1.54) is 11.4 Å². The van der Waals surface area contributed by atoms with Crippen molar-refractivity contribution in [1.29, 1.82) is 0 Å². The van der Waals surface area contributed by atoms with E-state index in [2.05, 4.69) is 40.4 Å². The molecule has 0 bridgehead atoms. The first-order chi connectivity index (χ1) is 12.1. The second-order valence-corrected chi connectivity index (χ2v) is 7.61. The van der Waals surface area contributed by atoms with Gasteiger partial charge in [0.25, 0.3) is 0 Å². The smallest absolute Gasteiger partial charge is 0.131 e. The van der Waals surface area contributed by atoms with Gasteiger partial charge in [-0.3, -0.25) is 9.58 Å². The van der Waals surface area contributed by atoms with Gasteiger partial charge in [-0.2, -0.15) is 5.10 Å². The highest BCUT2D eigenvalue weighted by atomic mass is 16.5. The Labute approximate surface area is 150 Å². The summed E-state index contributed by atoms with van der Waals surface area (Å²) < 4.78 is 13.7.